The van der Waals surface area contributed by atoms with Gasteiger partial charge in [0.2, 0.25) is 0 Å². The van der Waals surface area contributed by atoms with Crippen molar-refractivity contribution in [1.29, 1.82) is 5.26 Å². The Morgan fingerprint density at radius 3 is 2.71 bits per heavy atom. The lowest BCUT2D eigenvalue weighted by Crippen LogP contribution is -2.09. The van der Waals surface area contributed by atoms with Crippen LogP contribution in [0.3, 0.4) is 0 Å². The van der Waals surface area contributed by atoms with E-state index in [9.17, 15) is 8.42 Å². The number of nitriles is 1. The molecule has 0 saturated heterocycles. The molecule has 0 fully saturated rings. The third-order valence-corrected chi connectivity index (χ3v) is 3.37. The number of hydrogen-bond donors (Lipinski definition) is 1. The molecule has 5 nitrogen and oxygen atoms in total. The first kappa shape index (κ1) is 10.5. The zero-order chi connectivity index (χ0) is 10.8. The van der Waals surface area contributed by atoms with Crippen molar-refractivity contribution >= 4 is 15.5 Å². The second kappa shape index (κ2) is 3.64. The summed E-state index contributed by atoms with van der Waals surface area (Å²) in [5.41, 5.74) is 5.73. The van der Waals surface area contributed by atoms with Crippen molar-refractivity contribution in [3.63, 3.8) is 0 Å². The molecule has 0 unspecified atom stereocenters. The number of hydrogen-bond acceptors (Lipinski definition) is 5. The quantitative estimate of drug-likeness (QED) is 0.760. The molecule has 2 N–H and O–H groups in total. The summed E-state index contributed by atoms with van der Waals surface area (Å²) >= 11 is 0. The van der Waals surface area contributed by atoms with Crippen molar-refractivity contribution < 1.29 is 8.42 Å². The molecule has 1 heterocycles. The van der Waals surface area contributed by atoms with E-state index in [4.69, 9.17) is 11.0 Å². The second-order valence-electron chi connectivity index (χ2n) is 2.63. The number of anilines is 1. The maximum Gasteiger partial charge on any atom is 0.197 e. The highest BCUT2D eigenvalue weighted by Gasteiger charge is 2.16. The third-order valence-electron chi connectivity index (χ3n) is 1.68. The molecule has 0 spiro atoms. The topological polar surface area (TPSA) is 96.8 Å². The minimum absolute atomic E-state index is 0.0194. The maximum atomic E-state index is 11.4. The fraction of sp³-hybridized carbons (Fsp3) is 0.250. The van der Waals surface area contributed by atoms with Crippen LogP contribution < -0.4 is 5.73 Å². The van der Waals surface area contributed by atoms with E-state index in [-0.39, 0.29) is 22.0 Å². The molecule has 1 rings (SSSR count). The largest absolute Gasteiger partial charge is 0.396 e. The summed E-state index contributed by atoms with van der Waals surface area (Å²) in [6.07, 6.45) is 1.19. The minimum atomic E-state index is -3.40. The van der Waals surface area contributed by atoms with Gasteiger partial charge in [-0.05, 0) is 6.07 Å². The Kier molecular flexibility index (Phi) is 2.72. The van der Waals surface area contributed by atoms with Gasteiger partial charge in [-0.3, -0.25) is 0 Å². The average molecular weight is 211 g/mol. The second-order valence-corrected chi connectivity index (χ2v) is 4.83. The van der Waals surface area contributed by atoms with Crippen molar-refractivity contribution in [3.05, 3.63) is 17.8 Å². The molecule has 0 aliphatic heterocycles. The molecule has 1 aromatic rings. The fourth-order valence-electron chi connectivity index (χ4n) is 0.927. The van der Waals surface area contributed by atoms with Gasteiger partial charge in [-0.25, -0.2) is 13.4 Å². The Morgan fingerprint density at radius 2 is 2.29 bits per heavy atom. The zero-order valence-electron chi connectivity index (χ0n) is 7.56. The van der Waals surface area contributed by atoms with E-state index in [2.05, 4.69) is 4.98 Å². The number of nitrogen functional groups attached to an aromatic ring is 1. The fourth-order valence-corrected chi connectivity index (χ4v) is 1.83. The molecule has 0 aliphatic carbocycles. The lowest BCUT2D eigenvalue weighted by molar-refractivity contribution is 0.594. The van der Waals surface area contributed by atoms with Gasteiger partial charge in [-0.2, -0.15) is 5.26 Å². The number of pyridine rings is 1. The van der Waals surface area contributed by atoms with Crippen molar-refractivity contribution in [2.75, 3.05) is 11.5 Å². The molecule has 0 aliphatic rings. The van der Waals surface area contributed by atoms with Crippen LogP contribution in [0.2, 0.25) is 0 Å². The van der Waals surface area contributed by atoms with Crippen LogP contribution in [0.4, 0.5) is 5.69 Å². The smallest absolute Gasteiger partial charge is 0.197 e. The first-order valence-electron chi connectivity index (χ1n) is 3.89. The number of sulfone groups is 1. The molecule has 0 atom stereocenters. The molecule has 0 bridgehead atoms. The monoisotopic (exact) mass is 211 g/mol. The van der Waals surface area contributed by atoms with Gasteiger partial charge in [-0.15, -0.1) is 0 Å². The SMILES string of the molecule is CCS(=O)(=O)c1ncc(C#N)cc1N. The summed E-state index contributed by atoms with van der Waals surface area (Å²) in [7, 11) is -3.40. The van der Waals surface area contributed by atoms with Gasteiger partial charge in [-0.1, -0.05) is 6.92 Å². The van der Waals surface area contributed by atoms with Crippen molar-refractivity contribution in [2.24, 2.45) is 0 Å². The van der Waals surface area contributed by atoms with Crippen LogP contribution in [0.15, 0.2) is 17.3 Å². The molecule has 74 valence electrons. The van der Waals surface area contributed by atoms with E-state index in [0.717, 1.165) is 0 Å². The van der Waals surface area contributed by atoms with Crippen LogP contribution in [0.1, 0.15) is 12.5 Å². The Balaban J connectivity index is 3.35. The van der Waals surface area contributed by atoms with Crippen LogP contribution >= 0.6 is 0 Å². The van der Waals surface area contributed by atoms with Gasteiger partial charge in [0.25, 0.3) is 0 Å². The van der Waals surface area contributed by atoms with Gasteiger partial charge < -0.3 is 5.73 Å². The van der Waals surface area contributed by atoms with Gasteiger partial charge in [0.1, 0.15) is 6.07 Å². The maximum absolute atomic E-state index is 11.4. The third kappa shape index (κ3) is 1.83. The molecule has 6 heteroatoms. The van der Waals surface area contributed by atoms with Crippen LogP contribution in [-0.2, 0) is 9.84 Å². The normalized spacial score (nSPS) is 10.9. The zero-order valence-corrected chi connectivity index (χ0v) is 8.37. The summed E-state index contributed by atoms with van der Waals surface area (Å²) in [4.78, 5) is 3.66. The predicted octanol–water partition coefficient (Wildman–Crippen LogP) is 0.329. The van der Waals surface area contributed by atoms with Gasteiger partial charge >= 0.3 is 0 Å². The number of rotatable bonds is 2. The number of nitrogens with zero attached hydrogens (tertiary/aromatic N) is 2. The lowest BCUT2D eigenvalue weighted by Gasteiger charge is -2.03. The highest BCUT2D eigenvalue weighted by Crippen LogP contribution is 2.17. The van der Waals surface area contributed by atoms with Crippen LogP contribution in [0.5, 0.6) is 0 Å². The minimum Gasteiger partial charge on any atom is -0.396 e. The van der Waals surface area contributed by atoms with E-state index >= 15 is 0 Å². The van der Waals surface area contributed by atoms with Crippen LogP contribution in [0.25, 0.3) is 0 Å². The molecule has 0 radical (unpaired) electrons. The summed E-state index contributed by atoms with van der Waals surface area (Å²) < 4.78 is 22.8. The first-order chi connectivity index (χ1) is 6.51. The van der Waals surface area contributed by atoms with E-state index in [1.54, 1.807) is 0 Å². The van der Waals surface area contributed by atoms with Crippen LogP contribution in [0, 0.1) is 11.3 Å². The molecular weight excluding hydrogens is 202 g/mol. The highest BCUT2D eigenvalue weighted by atomic mass is 32.2. The summed E-state index contributed by atoms with van der Waals surface area (Å²) in [5, 5.41) is 8.36. The Labute approximate surface area is 82.1 Å². The molecular formula is C8H9N3O2S. The van der Waals surface area contributed by atoms with Crippen molar-refractivity contribution in [2.45, 2.75) is 11.9 Å². The molecule has 1 aromatic heterocycles. The van der Waals surface area contributed by atoms with Gasteiger partial charge in [0.05, 0.1) is 17.0 Å². The van der Waals surface area contributed by atoms with Gasteiger partial charge in [0, 0.05) is 6.20 Å². The van der Waals surface area contributed by atoms with E-state index < -0.39 is 9.84 Å². The number of aromatic nitrogens is 1. The molecule has 0 aromatic carbocycles. The lowest BCUT2D eigenvalue weighted by atomic mass is 10.3. The molecule has 0 amide bonds. The van der Waals surface area contributed by atoms with Gasteiger partial charge in [0.15, 0.2) is 14.9 Å². The molecule has 14 heavy (non-hydrogen) atoms. The highest BCUT2D eigenvalue weighted by molar-refractivity contribution is 7.91. The average Bonchev–Trinajstić information content (AvgIpc) is 2.17. The summed E-state index contributed by atoms with van der Waals surface area (Å²) in [5.74, 6) is -0.0594. The summed E-state index contributed by atoms with van der Waals surface area (Å²) in [6.45, 7) is 1.51. The number of nitrogens with two attached hydrogens (primary N) is 1. The summed E-state index contributed by atoms with van der Waals surface area (Å²) in [6, 6.07) is 3.13. The van der Waals surface area contributed by atoms with E-state index in [0.29, 0.717) is 0 Å². The standard InChI is InChI=1S/C8H9N3O2S/c1-2-14(12,13)8-7(10)3-6(4-9)5-11-8/h3,5H,2,10H2,1H3. The van der Waals surface area contributed by atoms with E-state index in [1.165, 1.54) is 19.2 Å². The molecule has 0 saturated carbocycles. The Bertz CT molecular complexity index is 488. The van der Waals surface area contributed by atoms with Crippen LogP contribution in [-0.4, -0.2) is 19.2 Å². The first-order valence-corrected chi connectivity index (χ1v) is 5.55. The predicted molar refractivity (Wildman–Crippen MR) is 51.1 cm³/mol. The van der Waals surface area contributed by atoms with Crippen molar-refractivity contribution in [3.8, 4) is 6.07 Å². The van der Waals surface area contributed by atoms with Crippen molar-refractivity contribution in [1.82, 2.24) is 4.98 Å². The van der Waals surface area contributed by atoms with E-state index in [1.807, 2.05) is 6.07 Å². The Morgan fingerprint density at radius 1 is 1.64 bits per heavy atom. The Hall–Kier alpha value is -1.61.